The standard InChI is InChI=1S/C25H36N2O4S/c1-17-6-8-23(9-7-17)32(30,31)27-12-10-22(11-13-27)26-25(29)24(28)16-21-15-19-4-3-5-20(14-19)18(21)2/h6-9,19,21-22,24,28H,3-5,10-16H2,1-2H3,(H,26,29). The summed E-state index contributed by atoms with van der Waals surface area (Å²) < 4.78 is 27.2. The van der Waals surface area contributed by atoms with Gasteiger partial charge in [-0.2, -0.15) is 4.31 Å². The first-order valence-electron chi connectivity index (χ1n) is 12.0. The van der Waals surface area contributed by atoms with Crippen LogP contribution >= 0.6 is 0 Å². The Morgan fingerprint density at radius 3 is 2.53 bits per heavy atom. The number of benzene rings is 1. The predicted molar refractivity (Wildman–Crippen MR) is 124 cm³/mol. The Morgan fingerprint density at radius 1 is 1.16 bits per heavy atom. The number of rotatable bonds is 6. The second kappa shape index (κ2) is 9.65. The number of nitrogens with zero attached hydrogens (tertiary/aromatic N) is 1. The minimum atomic E-state index is -3.51. The fourth-order valence-electron chi connectivity index (χ4n) is 5.63. The molecule has 1 aromatic rings. The Bertz CT molecular complexity index is 962. The number of fused-ring (bicyclic) bond motifs is 2. The Kier molecular flexibility index (Phi) is 7.08. The molecule has 3 atom stereocenters. The molecule has 0 radical (unpaired) electrons. The molecule has 2 aliphatic carbocycles. The Morgan fingerprint density at radius 2 is 1.84 bits per heavy atom. The van der Waals surface area contributed by atoms with Crippen LogP contribution in [0, 0.1) is 18.8 Å². The predicted octanol–water partition coefficient (Wildman–Crippen LogP) is 3.54. The van der Waals surface area contributed by atoms with Crippen molar-refractivity contribution in [3.63, 3.8) is 0 Å². The third kappa shape index (κ3) is 5.10. The number of aryl methyl sites for hydroxylation is 1. The maximum Gasteiger partial charge on any atom is 0.249 e. The van der Waals surface area contributed by atoms with E-state index in [1.165, 1.54) is 35.6 Å². The first kappa shape index (κ1) is 23.5. The van der Waals surface area contributed by atoms with E-state index in [1.54, 1.807) is 29.8 Å². The normalized spacial score (nSPS) is 26.1. The van der Waals surface area contributed by atoms with Crippen LogP contribution in [0.25, 0.3) is 0 Å². The number of carbonyl (C=O) groups excluding carboxylic acids is 1. The third-order valence-electron chi connectivity index (χ3n) is 7.68. The summed E-state index contributed by atoms with van der Waals surface area (Å²) >= 11 is 0. The van der Waals surface area contributed by atoms with Gasteiger partial charge >= 0.3 is 0 Å². The van der Waals surface area contributed by atoms with E-state index < -0.39 is 16.1 Å². The van der Waals surface area contributed by atoms with Gasteiger partial charge in [0.25, 0.3) is 0 Å². The summed E-state index contributed by atoms with van der Waals surface area (Å²) in [5.41, 5.74) is 3.96. The highest BCUT2D eigenvalue weighted by molar-refractivity contribution is 7.89. The second-order valence-electron chi connectivity index (χ2n) is 9.93. The zero-order valence-electron chi connectivity index (χ0n) is 19.2. The molecule has 32 heavy (non-hydrogen) atoms. The molecule has 3 unspecified atom stereocenters. The van der Waals surface area contributed by atoms with Gasteiger partial charge in [0.1, 0.15) is 6.10 Å². The molecule has 1 amide bonds. The van der Waals surface area contributed by atoms with Crippen molar-refractivity contribution < 1.29 is 18.3 Å². The summed E-state index contributed by atoms with van der Waals surface area (Å²) in [6.07, 6.45) is 6.57. The van der Waals surface area contributed by atoms with Crippen LogP contribution in [0.15, 0.2) is 40.3 Å². The van der Waals surface area contributed by atoms with Crippen LogP contribution in [-0.2, 0) is 14.8 Å². The lowest BCUT2D eigenvalue weighted by molar-refractivity contribution is -0.131. The van der Waals surface area contributed by atoms with Gasteiger partial charge in [-0.3, -0.25) is 4.79 Å². The van der Waals surface area contributed by atoms with Crippen LogP contribution in [0.5, 0.6) is 0 Å². The zero-order chi connectivity index (χ0) is 22.9. The van der Waals surface area contributed by atoms with Gasteiger partial charge in [0, 0.05) is 19.1 Å². The van der Waals surface area contributed by atoms with Crippen LogP contribution in [0.1, 0.15) is 63.9 Å². The van der Waals surface area contributed by atoms with Gasteiger partial charge in [-0.25, -0.2) is 8.42 Å². The van der Waals surface area contributed by atoms with Gasteiger partial charge in [-0.15, -0.1) is 0 Å². The van der Waals surface area contributed by atoms with E-state index in [0.29, 0.717) is 49.1 Å². The topological polar surface area (TPSA) is 86.7 Å². The highest BCUT2D eigenvalue weighted by atomic mass is 32.2. The Labute approximate surface area is 192 Å². The van der Waals surface area contributed by atoms with Crippen LogP contribution in [0.2, 0.25) is 0 Å². The van der Waals surface area contributed by atoms with Crippen LogP contribution in [0.3, 0.4) is 0 Å². The van der Waals surface area contributed by atoms with Crippen LogP contribution in [-0.4, -0.2) is 49.0 Å². The van der Waals surface area contributed by atoms with Gasteiger partial charge in [-0.05, 0) is 89.2 Å². The quantitative estimate of drug-likeness (QED) is 0.636. The molecule has 3 aliphatic rings. The van der Waals surface area contributed by atoms with Crippen molar-refractivity contribution in [3.8, 4) is 0 Å². The molecule has 7 heteroatoms. The molecule has 2 fully saturated rings. The molecule has 1 heterocycles. The van der Waals surface area contributed by atoms with Gasteiger partial charge in [0.15, 0.2) is 0 Å². The fourth-order valence-corrected chi connectivity index (χ4v) is 7.10. The van der Waals surface area contributed by atoms with E-state index in [-0.39, 0.29) is 11.9 Å². The lowest BCUT2D eigenvalue weighted by Crippen LogP contribution is -2.49. The second-order valence-corrected chi connectivity index (χ2v) is 11.9. The number of hydrogen-bond acceptors (Lipinski definition) is 4. The van der Waals surface area contributed by atoms with Crippen molar-refractivity contribution in [3.05, 3.63) is 41.0 Å². The molecule has 0 spiro atoms. The number of allylic oxidation sites excluding steroid dienone is 2. The molecule has 6 nitrogen and oxygen atoms in total. The number of piperidine rings is 1. The average Bonchev–Trinajstić information content (AvgIpc) is 2.78. The summed E-state index contributed by atoms with van der Waals surface area (Å²) in [5, 5.41) is 13.6. The highest BCUT2D eigenvalue weighted by Gasteiger charge is 2.34. The van der Waals surface area contributed by atoms with Gasteiger partial charge < -0.3 is 10.4 Å². The summed E-state index contributed by atoms with van der Waals surface area (Å²) in [6, 6.07) is 6.79. The SMILES string of the molecule is CC1=C2CCCC(C2)CC1CC(O)C(=O)NC1CCN(S(=O)(=O)c2ccc(C)cc2)CC1. The molecule has 1 saturated heterocycles. The minimum absolute atomic E-state index is 0.105. The largest absolute Gasteiger partial charge is 0.383 e. The lowest BCUT2D eigenvalue weighted by atomic mass is 9.69. The number of amides is 1. The van der Waals surface area contributed by atoms with Gasteiger partial charge in [0.05, 0.1) is 4.90 Å². The molecule has 1 aromatic carbocycles. The van der Waals surface area contributed by atoms with E-state index >= 15 is 0 Å². The molecular formula is C25H36N2O4S. The molecule has 2 bridgehead atoms. The number of aliphatic hydroxyl groups is 1. The third-order valence-corrected chi connectivity index (χ3v) is 9.60. The molecule has 1 saturated carbocycles. The number of hydrogen-bond donors (Lipinski definition) is 2. The Hall–Kier alpha value is -1.70. The van der Waals surface area contributed by atoms with Crippen LogP contribution < -0.4 is 5.32 Å². The first-order chi connectivity index (χ1) is 15.2. The Balaban J connectivity index is 1.28. The summed E-state index contributed by atoms with van der Waals surface area (Å²) in [7, 11) is -3.51. The van der Waals surface area contributed by atoms with E-state index in [0.717, 1.165) is 12.0 Å². The molecular weight excluding hydrogens is 424 g/mol. The molecule has 4 rings (SSSR count). The molecule has 2 N–H and O–H groups in total. The number of nitrogens with one attached hydrogen (secondary N) is 1. The average molecular weight is 461 g/mol. The van der Waals surface area contributed by atoms with Crippen molar-refractivity contribution in [2.75, 3.05) is 13.1 Å². The van der Waals surface area contributed by atoms with Crippen LogP contribution in [0.4, 0.5) is 0 Å². The monoisotopic (exact) mass is 460 g/mol. The maximum absolute atomic E-state index is 12.9. The zero-order valence-corrected chi connectivity index (χ0v) is 20.0. The number of aliphatic hydroxyl groups excluding tert-OH is 1. The highest BCUT2D eigenvalue weighted by Crippen LogP contribution is 2.43. The fraction of sp³-hybridized carbons (Fsp3) is 0.640. The van der Waals surface area contributed by atoms with E-state index in [2.05, 4.69) is 12.2 Å². The minimum Gasteiger partial charge on any atom is -0.383 e. The number of sulfonamides is 1. The molecule has 1 aliphatic heterocycles. The smallest absolute Gasteiger partial charge is 0.249 e. The first-order valence-corrected chi connectivity index (χ1v) is 13.4. The van der Waals surface area contributed by atoms with E-state index in [4.69, 9.17) is 0 Å². The van der Waals surface area contributed by atoms with Gasteiger partial charge in [-0.1, -0.05) is 28.8 Å². The summed E-state index contributed by atoms with van der Waals surface area (Å²) in [6.45, 7) is 4.84. The van der Waals surface area contributed by atoms with Crippen molar-refractivity contribution in [2.24, 2.45) is 11.8 Å². The van der Waals surface area contributed by atoms with Crippen molar-refractivity contribution in [1.29, 1.82) is 0 Å². The van der Waals surface area contributed by atoms with Crippen molar-refractivity contribution in [1.82, 2.24) is 9.62 Å². The summed E-state index contributed by atoms with van der Waals surface area (Å²) in [5.74, 6) is 0.687. The lowest BCUT2D eigenvalue weighted by Gasteiger charge is -2.37. The maximum atomic E-state index is 12.9. The van der Waals surface area contributed by atoms with E-state index in [9.17, 15) is 18.3 Å². The number of carbonyl (C=O) groups is 1. The van der Waals surface area contributed by atoms with Crippen molar-refractivity contribution >= 4 is 15.9 Å². The van der Waals surface area contributed by atoms with E-state index in [1.807, 2.05) is 6.92 Å². The molecule has 176 valence electrons. The van der Waals surface area contributed by atoms with Crippen molar-refractivity contribution in [2.45, 2.75) is 82.3 Å². The van der Waals surface area contributed by atoms with Gasteiger partial charge in [0.2, 0.25) is 15.9 Å². The molecule has 0 aromatic heterocycles. The summed E-state index contributed by atoms with van der Waals surface area (Å²) in [4.78, 5) is 13.0.